The van der Waals surface area contributed by atoms with E-state index in [1.54, 1.807) is 6.07 Å². The fraction of sp³-hybridized carbons (Fsp3) is 0.571. The zero-order valence-corrected chi connectivity index (χ0v) is 10.1. The van der Waals surface area contributed by atoms with Gasteiger partial charge in [-0.1, -0.05) is 6.07 Å². The van der Waals surface area contributed by atoms with Gasteiger partial charge >= 0.3 is 0 Å². The minimum atomic E-state index is -0.174. The summed E-state index contributed by atoms with van der Waals surface area (Å²) in [5.74, 6) is 0.631. The van der Waals surface area contributed by atoms with Gasteiger partial charge in [0.15, 0.2) is 0 Å². The second-order valence-corrected chi connectivity index (χ2v) is 5.31. The Hall–Kier alpha value is -1.09. The summed E-state index contributed by atoms with van der Waals surface area (Å²) in [6.07, 6.45) is 3.95. The predicted octanol–water partition coefficient (Wildman–Crippen LogP) is 2.53. The standard InChI is InChI=1S/C14H18FNO/c1-9(16)14(6-7-14)12-11(15)5-4-10-3-2-8-17-13(10)12/h4-5,9H,2-3,6-8,16H2,1H3. The molecule has 17 heavy (non-hydrogen) atoms. The molecule has 1 heterocycles. The number of benzene rings is 1. The summed E-state index contributed by atoms with van der Waals surface area (Å²) >= 11 is 0. The van der Waals surface area contributed by atoms with Crippen LogP contribution in [-0.4, -0.2) is 12.6 Å². The van der Waals surface area contributed by atoms with Crippen molar-refractivity contribution < 1.29 is 9.13 Å². The zero-order valence-electron chi connectivity index (χ0n) is 10.1. The molecule has 1 saturated carbocycles. The van der Waals surface area contributed by atoms with Gasteiger partial charge in [-0.2, -0.15) is 0 Å². The third kappa shape index (κ3) is 1.56. The highest BCUT2D eigenvalue weighted by Gasteiger charge is 2.51. The number of halogens is 1. The van der Waals surface area contributed by atoms with Gasteiger partial charge in [-0.05, 0) is 44.2 Å². The van der Waals surface area contributed by atoms with Crippen molar-refractivity contribution in [2.24, 2.45) is 5.73 Å². The molecule has 0 radical (unpaired) electrons. The van der Waals surface area contributed by atoms with Gasteiger partial charge in [0.2, 0.25) is 0 Å². The average Bonchev–Trinajstić information content (AvgIpc) is 3.10. The van der Waals surface area contributed by atoms with Crippen LogP contribution in [0.5, 0.6) is 5.75 Å². The van der Waals surface area contributed by atoms with Gasteiger partial charge in [0.1, 0.15) is 11.6 Å². The van der Waals surface area contributed by atoms with Gasteiger partial charge in [-0.25, -0.2) is 4.39 Å². The maximum absolute atomic E-state index is 14.1. The molecular formula is C14H18FNO. The molecule has 0 spiro atoms. The summed E-state index contributed by atoms with van der Waals surface area (Å²) in [6.45, 7) is 2.66. The molecule has 2 nitrogen and oxygen atoms in total. The first-order valence-corrected chi connectivity index (χ1v) is 6.35. The van der Waals surface area contributed by atoms with Crippen LogP contribution in [0.25, 0.3) is 0 Å². The lowest BCUT2D eigenvalue weighted by atomic mass is 9.86. The summed E-state index contributed by atoms with van der Waals surface area (Å²) in [4.78, 5) is 0. The van der Waals surface area contributed by atoms with Crippen molar-refractivity contribution in [1.82, 2.24) is 0 Å². The molecule has 1 aliphatic heterocycles. The highest BCUT2D eigenvalue weighted by molar-refractivity contribution is 5.51. The van der Waals surface area contributed by atoms with E-state index < -0.39 is 0 Å². The smallest absolute Gasteiger partial charge is 0.130 e. The summed E-state index contributed by atoms with van der Waals surface area (Å²) in [5, 5.41) is 0. The molecule has 0 saturated heterocycles. The van der Waals surface area contributed by atoms with Crippen molar-refractivity contribution in [3.05, 3.63) is 29.1 Å². The molecule has 1 unspecified atom stereocenters. The quantitative estimate of drug-likeness (QED) is 0.855. The van der Waals surface area contributed by atoms with E-state index in [1.165, 1.54) is 0 Å². The van der Waals surface area contributed by atoms with E-state index in [1.807, 2.05) is 13.0 Å². The number of nitrogens with two attached hydrogens (primary N) is 1. The monoisotopic (exact) mass is 235 g/mol. The van der Waals surface area contributed by atoms with E-state index in [2.05, 4.69) is 0 Å². The number of fused-ring (bicyclic) bond motifs is 1. The summed E-state index contributed by atoms with van der Waals surface area (Å²) in [7, 11) is 0. The molecule has 0 aromatic heterocycles. The second-order valence-electron chi connectivity index (χ2n) is 5.31. The molecule has 1 aromatic rings. The largest absolute Gasteiger partial charge is 0.493 e. The summed E-state index contributed by atoms with van der Waals surface area (Å²) in [5.41, 5.74) is 7.75. The van der Waals surface area contributed by atoms with Crippen molar-refractivity contribution in [2.75, 3.05) is 6.61 Å². The Kier molecular flexibility index (Phi) is 2.40. The molecular weight excluding hydrogens is 217 g/mol. The van der Waals surface area contributed by atoms with Gasteiger partial charge in [0, 0.05) is 17.0 Å². The molecule has 3 heteroatoms. The fourth-order valence-electron chi connectivity index (χ4n) is 2.93. The van der Waals surface area contributed by atoms with Crippen molar-refractivity contribution in [3.8, 4) is 5.75 Å². The molecule has 3 rings (SSSR count). The van der Waals surface area contributed by atoms with Crippen LogP contribution in [0.15, 0.2) is 12.1 Å². The number of ether oxygens (including phenoxy) is 1. The van der Waals surface area contributed by atoms with Crippen LogP contribution in [0.3, 0.4) is 0 Å². The van der Waals surface area contributed by atoms with Crippen LogP contribution in [0.1, 0.15) is 37.3 Å². The lowest BCUT2D eigenvalue weighted by Gasteiger charge is -2.27. The van der Waals surface area contributed by atoms with E-state index in [9.17, 15) is 4.39 Å². The number of hydrogen-bond acceptors (Lipinski definition) is 2. The molecule has 1 aliphatic carbocycles. The number of rotatable bonds is 2. The van der Waals surface area contributed by atoms with Crippen molar-refractivity contribution >= 4 is 0 Å². The molecule has 2 N–H and O–H groups in total. The van der Waals surface area contributed by atoms with Crippen molar-refractivity contribution in [1.29, 1.82) is 0 Å². The maximum Gasteiger partial charge on any atom is 0.130 e. The summed E-state index contributed by atoms with van der Waals surface area (Å²) < 4.78 is 19.9. The van der Waals surface area contributed by atoms with Crippen molar-refractivity contribution in [2.45, 2.75) is 44.1 Å². The third-order valence-electron chi connectivity index (χ3n) is 4.18. The highest BCUT2D eigenvalue weighted by atomic mass is 19.1. The number of aryl methyl sites for hydroxylation is 1. The number of hydrogen-bond donors (Lipinski definition) is 1. The topological polar surface area (TPSA) is 35.2 Å². The fourth-order valence-corrected chi connectivity index (χ4v) is 2.93. The Morgan fingerprint density at radius 2 is 2.18 bits per heavy atom. The van der Waals surface area contributed by atoms with E-state index >= 15 is 0 Å². The Labute approximate surface area is 101 Å². The van der Waals surface area contributed by atoms with Gasteiger partial charge in [-0.3, -0.25) is 0 Å². The van der Waals surface area contributed by atoms with Crippen molar-refractivity contribution in [3.63, 3.8) is 0 Å². The molecule has 1 fully saturated rings. The lowest BCUT2D eigenvalue weighted by Crippen LogP contribution is -2.33. The van der Waals surface area contributed by atoms with E-state index in [0.717, 1.165) is 42.6 Å². The molecule has 0 bridgehead atoms. The Morgan fingerprint density at radius 1 is 1.41 bits per heavy atom. The average molecular weight is 235 g/mol. The Balaban J connectivity index is 2.15. The molecule has 2 aliphatic rings. The van der Waals surface area contributed by atoms with Gasteiger partial charge in [-0.15, -0.1) is 0 Å². The molecule has 1 atom stereocenters. The second kappa shape index (κ2) is 3.70. The lowest BCUT2D eigenvalue weighted by molar-refractivity contribution is 0.278. The summed E-state index contributed by atoms with van der Waals surface area (Å²) in [6, 6.07) is 3.41. The highest BCUT2D eigenvalue weighted by Crippen LogP contribution is 2.55. The first-order valence-electron chi connectivity index (χ1n) is 6.35. The van der Waals surface area contributed by atoms with Gasteiger partial charge in [0.25, 0.3) is 0 Å². The first-order chi connectivity index (χ1) is 8.15. The zero-order chi connectivity index (χ0) is 12.0. The SMILES string of the molecule is CC(N)C1(c2c(F)ccc3c2OCCC3)CC1. The molecule has 92 valence electrons. The van der Waals surface area contributed by atoms with E-state index in [4.69, 9.17) is 10.5 Å². The van der Waals surface area contributed by atoms with Crippen LogP contribution in [0.2, 0.25) is 0 Å². The van der Waals surface area contributed by atoms with Crippen LogP contribution < -0.4 is 10.5 Å². The Bertz CT molecular complexity index is 452. The van der Waals surface area contributed by atoms with E-state index in [0.29, 0.717) is 6.61 Å². The van der Waals surface area contributed by atoms with Crippen LogP contribution in [0, 0.1) is 5.82 Å². The first kappa shape index (κ1) is 11.0. The van der Waals surface area contributed by atoms with E-state index in [-0.39, 0.29) is 17.3 Å². The normalized spacial score (nSPS) is 22.5. The Morgan fingerprint density at radius 3 is 2.82 bits per heavy atom. The predicted molar refractivity (Wildman–Crippen MR) is 64.8 cm³/mol. The maximum atomic E-state index is 14.1. The van der Waals surface area contributed by atoms with Gasteiger partial charge in [0.05, 0.1) is 6.61 Å². The third-order valence-corrected chi connectivity index (χ3v) is 4.18. The van der Waals surface area contributed by atoms with Crippen LogP contribution in [-0.2, 0) is 11.8 Å². The van der Waals surface area contributed by atoms with Crippen LogP contribution in [0.4, 0.5) is 4.39 Å². The van der Waals surface area contributed by atoms with Gasteiger partial charge < -0.3 is 10.5 Å². The minimum Gasteiger partial charge on any atom is -0.493 e. The molecule has 0 amide bonds. The molecule has 1 aromatic carbocycles. The minimum absolute atomic E-state index is 0.0194. The van der Waals surface area contributed by atoms with Crippen LogP contribution >= 0.6 is 0 Å².